The average Bonchev–Trinajstić information content (AvgIpc) is 2.75. The molecule has 6 heteroatoms. The van der Waals surface area contributed by atoms with Gasteiger partial charge in [-0.15, -0.1) is 0 Å². The van der Waals surface area contributed by atoms with Gasteiger partial charge in [0.2, 0.25) is 12.7 Å². The molecule has 17 heavy (non-hydrogen) atoms. The zero-order valence-electron chi connectivity index (χ0n) is 9.13. The molecule has 1 aromatic rings. The number of halogens is 2. The van der Waals surface area contributed by atoms with Crippen molar-refractivity contribution in [3.8, 4) is 11.5 Å². The summed E-state index contributed by atoms with van der Waals surface area (Å²) in [5.41, 5.74) is 0.527. The van der Waals surface area contributed by atoms with Crippen LogP contribution in [0.3, 0.4) is 0 Å². The monoisotopic (exact) mass is 319 g/mol. The molecule has 0 saturated carbocycles. The first kappa shape index (κ1) is 12.5. The van der Waals surface area contributed by atoms with Crippen LogP contribution >= 0.6 is 27.5 Å². The van der Waals surface area contributed by atoms with E-state index >= 15 is 0 Å². The van der Waals surface area contributed by atoms with Gasteiger partial charge < -0.3 is 14.8 Å². The third-order valence-electron chi connectivity index (χ3n) is 2.36. The molecule has 1 heterocycles. The van der Waals surface area contributed by atoms with E-state index in [9.17, 15) is 4.79 Å². The van der Waals surface area contributed by atoms with Crippen molar-refractivity contribution in [2.24, 2.45) is 0 Å². The first-order valence-electron chi connectivity index (χ1n) is 5.16. The number of alkyl halides is 1. The minimum Gasteiger partial charge on any atom is -0.454 e. The molecule has 0 aromatic heterocycles. The van der Waals surface area contributed by atoms with Crippen molar-refractivity contribution >= 4 is 39.1 Å². The third kappa shape index (κ3) is 2.66. The lowest BCUT2D eigenvalue weighted by atomic mass is 10.2. The quantitative estimate of drug-likeness (QED) is 0.870. The molecule has 1 atom stereocenters. The maximum atomic E-state index is 11.7. The minimum atomic E-state index is -0.232. The van der Waals surface area contributed by atoms with Gasteiger partial charge in [-0.05, 0) is 6.42 Å². The second kappa shape index (κ2) is 5.14. The van der Waals surface area contributed by atoms with E-state index < -0.39 is 0 Å². The molecule has 0 saturated heterocycles. The molecule has 1 amide bonds. The number of ether oxygens (including phenoxy) is 2. The van der Waals surface area contributed by atoms with Crippen LogP contribution < -0.4 is 14.8 Å². The van der Waals surface area contributed by atoms with Crippen LogP contribution in [-0.2, 0) is 4.79 Å². The van der Waals surface area contributed by atoms with E-state index in [1.807, 2.05) is 6.92 Å². The van der Waals surface area contributed by atoms with E-state index in [2.05, 4.69) is 21.2 Å². The zero-order valence-corrected chi connectivity index (χ0v) is 11.5. The largest absolute Gasteiger partial charge is 0.454 e. The van der Waals surface area contributed by atoms with Gasteiger partial charge in [-0.3, -0.25) is 4.79 Å². The van der Waals surface area contributed by atoms with Crippen LogP contribution in [0.1, 0.15) is 13.3 Å². The van der Waals surface area contributed by atoms with Crippen LogP contribution in [0.25, 0.3) is 0 Å². The topological polar surface area (TPSA) is 47.6 Å². The molecule has 0 radical (unpaired) electrons. The molecule has 0 spiro atoms. The smallest absolute Gasteiger partial charge is 0.238 e. The number of rotatable bonds is 3. The number of amides is 1. The summed E-state index contributed by atoms with van der Waals surface area (Å²) in [6.45, 7) is 2.10. The Morgan fingerprint density at radius 2 is 2.18 bits per heavy atom. The lowest BCUT2D eigenvalue weighted by Gasteiger charge is -2.10. The molecular weight excluding hydrogens is 309 g/mol. The number of anilines is 1. The molecule has 1 aliphatic rings. The average molecular weight is 321 g/mol. The fourth-order valence-corrected chi connectivity index (χ4v) is 1.72. The van der Waals surface area contributed by atoms with Gasteiger partial charge in [-0.1, -0.05) is 34.5 Å². The second-order valence-electron chi connectivity index (χ2n) is 3.55. The van der Waals surface area contributed by atoms with Crippen molar-refractivity contribution in [1.29, 1.82) is 0 Å². The Morgan fingerprint density at radius 1 is 1.53 bits per heavy atom. The van der Waals surface area contributed by atoms with Crippen molar-refractivity contribution < 1.29 is 14.3 Å². The standard InChI is InChI=1S/C11H11BrClNO3/c1-2-6(12)11(15)14-8-4-10-9(3-7(8)13)16-5-17-10/h3-4,6H,2,5H2,1H3,(H,14,15). The van der Waals surface area contributed by atoms with Gasteiger partial charge in [0.1, 0.15) is 0 Å². The molecule has 1 aromatic carbocycles. The maximum Gasteiger partial charge on any atom is 0.238 e. The first-order valence-corrected chi connectivity index (χ1v) is 6.45. The van der Waals surface area contributed by atoms with E-state index in [-0.39, 0.29) is 17.5 Å². The normalized spacial score (nSPS) is 14.5. The fraction of sp³-hybridized carbons (Fsp3) is 0.364. The summed E-state index contributed by atoms with van der Waals surface area (Å²) in [5.74, 6) is 1.06. The molecular formula is C11H11BrClNO3. The van der Waals surface area contributed by atoms with Gasteiger partial charge in [0.15, 0.2) is 11.5 Å². The van der Waals surface area contributed by atoms with Crippen molar-refractivity contribution in [2.45, 2.75) is 18.2 Å². The molecule has 1 N–H and O–H groups in total. The third-order valence-corrected chi connectivity index (χ3v) is 3.74. The molecule has 1 unspecified atom stereocenters. The number of carbonyl (C=O) groups is 1. The van der Waals surface area contributed by atoms with Crippen LogP contribution in [0, 0.1) is 0 Å². The van der Waals surface area contributed by atoms with Gasteiger partial charge in [0, 0.05) is 12.1 Å². The van der Waals surface area contributed by atoms with E-state index in [1.165, 1.54) is 0 Å². The van der Waals surface area contributed by atoms with Crippen LogP contribution in [0.15, 0.2) is 12.1 Å². The van der Waals surface area contributed by atoms with Crippen LogP contribution in [0.4, 0.5) is 5.69 Å². The molecule has 0 bridgehead atoms. The second-order valence-corrected chi connectivity index (χ2v) is 5.06. The van der Waals surface area contributed by atoms with E-state index in [4.69, 9.17) is 21.1 Å². The van der Waals surface area contributed by atoms with E-state index in [0.29, 0.717) is 28.6 Å². The Kier molecular flexibility index (Phi) is 3.79. The first-order chi connectivity index (χ1) is 8.11. The Bertz CT molecular complexity index is 453. The number of benzene rings is 1. The van der Waals surface area contributed by atoms with Gasteiger partial charge in [0.05, 0.1) is 15.5 Å². The molecule has 92 valence electrons. The number of nitrogens with one attached hydrogen (secondary N) is 1. The molecule has 0 fully saturated rings. The highest BCUT2D eigenvalue weighted by molar-refractivity contribution is 9.10. The van der Waals surface area contributed by atoms with E-state index in [1.54, 1.807) is 12.1 Å². The van der Waals surface area contributed by atoms with Gasteiger partial charge in [-0.2, -0.15) is 0 Å². The Morgan fingerprint density at radius 3 is 2.82 bits per heavy atom. The zero-order chi connectivity index (χ0) is 12.4. The van der Waals surface area contributed by atoms with Crippen LogP contribution in [0.5, 0.6) is 11.5 Å². The lowest BCUT2D eigenvalue weighted by Crippen LogP contribution is -2.22. The molecule has 0 aliphatic carbocycles. The molecule has 2 rings (SSSR count). The van der Waals surface area contributed by atoms with Crippen LogP contribution in [-0.4, -0.2) is 17.5 Å². The van der Waals surface area contributed by atoms with Crippen LogP contribution in [0.2, 0.25) is 5.02 Å². The lowest BCUT2D eigenvalue weighted by molar-refractivity contribution is -0.115. The minimum absolute atomic E-state index is 0.131. The summed E-state index contributed by atoms with van der Waals surface area (Å²) in [5, 5.41) is 3.17. The fourth-order valence-electron chi connectivity index (χ4n) is 1.41. The Balaban J connectivity index is 2.19. The SMILES string of the molecule is CCC(Br)C(=O)Nc1cc2c(cc1Cl)OCO2. The summed E-state index contributed by atoms with van der Waals surface area (Å²) >= 11 is 9.31. The van der Waals surface area contributed by atoms with Gasteiger partial charge >= 0.3 is 0 Å². The number of hydrogen-bond acceptors (Lipinski definition) is 3. The van der Waals surface area contributed by atoms with Gasteiger partial charge in [0.25, 0.3) is 0 Å². The Hall–Kier alpha value is -0.940. The summed E-state index contributed by atoms with van der Waals surface area (Å²) in [7, 11) is 0. The highest BCUT2D eigenvalue weighted by Crippen LogP contribution is 2.39. The maximum absolute atomic E-state index is 11.7. The summed E-state index contributed by atoms with van der Waals surface area (Å²) < 4.78 is 10.4. The van der Waals surface area contributed by atoms with Crippen molar-refractivity contribution in [3.63, 3.8) is 0 Å². The van der Waals surface area contributed by atoms with Crippen molar-refractivity contribution in [1.82, 2.24) is 0 Å². The highest BCUT2D eigenvalue weighted by atomic mass is 79.9. The predicted molar refractivity (Wildman–Crippen MR) is 69.2 cm³/mol. The van der Waals surface area contributed by atoms with E-state index in [0.717, 1.165) is 0 Å². The number of hydrogen-bond donors (Lipinski definition) is 1. The number of fused-ring (bicyclic) bond motifs is 1. The van der Waals surface area contributed by atoms with Gasteiger partial charge in [-0.25, -0.2) is 0 Å². The predicted octanol–water partition coefficient (Wildman–Crippen LogP) is 3.18. The molecule has 4 nitrogen and oxygen atoms in total. The van der Waals surface area contributed by atoms with Crippen molar-refractivity contribution in [2.75, 3.05) is 12.1 Å². The highest BCUT2D eigenvalue weighted by Gasteiger charge is 2.19. The molecule has 1 aliphatic heterocycles. The summed E-state index contributed by atoms with van der Waals surface area (Å²) in [4.78, 5) is 11.5. The number of carbonyl (C=O) groups excluding carboxylic acids is 1. The summed E-state index contributed by atoms with van der Waals surface area (Å²) in [6, 6.07) is 3.30. The van der Waals surface area contributed by atoms with Crippen molar-refractivity contribution in [3.05, 3.63) is 17.2 Å². The summed E-state index contributed by atoms with van der Waals surface area (Å²) in [6.07, 6.45) is 0.702. The Labute approximate surface area is 112 Å².